The van der Waals surface area contributed by atoms with E-state index in [9.17, 15) is 4.21 Å². The zero-order valence-electron chi connectivity index (χ0n) is 9.31. The second-order valence-corrected chi connectivity index (χ2v) is 7.20. The summed E-state index contributed by atoms with van der Waals surface area (Å²) in [5.41, 5.74) is 0.231. The fraction of sp³-hybridized carbons (Fsp3) is 1.00. The first kappa shape index (κ1) is 11.2. The zero-order valence-corrected chi connectivity index (χ0v) is 10.1. The fourth-order valence-electron chi connectivity index (χ4n) is 1.67. The molecule has 1 N–H and O–H groups in total. The molecule has 1 aliphatic heterocycles. The lowest BCUT2D eigenvalue weighted by molar-refractivity contribution is 0.230. The molecule has 0 aromatic rings. The highest BCUT2D eigenvalue weighted by atomic mass is 32.2. The van der Waals surface area contributed by atoms with Crippen molar-refractivity contribution in [2.45, 2.75) is 46.2 Å². The molecular formula is C10H21NOS. The molecule has 1 fully saturated rings. The number of rotatable bonds is 0. The molecule has 2 nitrogen and oxygen atoms in total. The molecule has 0 aromatic heterocycles. The Bertz CT molecular complexity index is 217. The van der Waals surface area contributed by atoms with Crippen LogP contribution in [0.4, 0.5) is 0 Å². The maximum absolute atomic E-state index is 11.6. The SMILES string of the molecule is CC1(C)CS(=O)CC(C(C)(C)C)N1. The van der Waals surface area contributed by atoms with E-state index in [1.165, 1.54) is 0 Å². The van der Waals surface area contributed by atoms with E-state index < -0.39 is 10.8 Å². The van der Waals surface area contributed by atoms with E-state index in [1.54, 1.807) is 0 Å². The van der Waals surface area contributed by atoms with Crippen molar-refractivity contribution in [3.63, 3.8) is 0 Å². The molecule has 13 heavy (non-hydrogen) atoms. The van der Waals surface area contributed by atoms with Crippen molar-refractivity contribution in [3.05, 3.63) is 0 Å². The molecule has 0 bridgehead atoms. The summed E-state index contributed by atoms with van der Waals surface area (Å²) < 4.78 is 11.6. The van der Waals surface area contributed by atoms with Crippen LogP contribution in [0, 0.1) is 5.41 Å². The van der Waals surface area contributed by atoms with Crippen LogP contribution in [0.25, 0.3) is 0 Å². The van der Waals surface area contributed by atoms with Crippen molar-refractivity contribution in [2.24, 2.45) is 5.41 Å². The lowest BCUT2D eigenvalue weighted by Crippen LogP contribution is -2.60. The van der Waals surface area contributed by atoms with E-state index in [2.05, 4.69) is 39.9 Å². The van der Waals surface area contributed by atoms with E-state index in [-0.39, 0.29) is 11.0 Å². The first-order valence-electron chi connectivity index (χ1n) is 4.83. The Balaban J connectivity index is 2.74. The highest BCUT2D eigenvalue weighted by Crippen LogP contribution is 2.26. The molecule has 0 aromatic carbocycles. The molecule has 0 amide bonds. The van der Waals surface area contributed by atoms with Gasteiger partial charge in [0.15, 0.2) is 0 Å². The number of hydrogen-bond donors (Lipinski definition) is 1. The molecule has 0 saturated carbocycles. The van der Waals surface area contributed by atoms with Gasteiger partial charge in [0.05, 0.1) is 0 Å². The molecule has 1 heterocycles. The van der Waals surface area contributed by atoms with Gasteiger partial charge in [-0.1, -0.05) is 20.8 Å². The van der Waals surface area contributed by atoms with Crippen molar-refractivity contribution in [1.82, 2.24) is 5.32 Å². The first-order valence-corrected chi connectivity index (χ1v) is 6.32. The van der Waals surface area contributed by atoms with E-state index >= 15 is 0 Å². The van der Waals surface area contributed by atoms with Crippen LogP contribution >= 0.6 is 0 Å². The maximum atomic E-state index is 11.6. The van der Waals surface area contributed by atoms with Gasteiger partial charge in [-0.05, 0) is 19.3 Å². The third kappa shape index (κ3) is 3.06. The highest BCUT2D eigenvalue weighted by molar-refractivity contribution is 7.85. The van der Waals surface area contributed by atoms with E-state index in [1.807, 2.05) is 0 Å². The number of hydrogen-bond acceptors (Lipinski definition) is 2. The van der Waals surface area contributed by atoms with Crippen LogP contribution in [0.2, 0.25) is 0 Å². The molecule has 78 valence electrons. The van der Waals surface area contributed by atoms with Crippen molar-refractivity contribution in [3.8, 4) is 0 Å². The smallest absolute Gasteiger partial charge is 0.0412 e. The molecule has 0 spiro atoms. The Morgan fingerprint density at radius 3 is 2.31 bits per heavy atom. The Morgan fingerprint density at radius 2 is 1.92 bits per heavy atom. The molecule has 0 aliphatic carbocycles. The highest BCUT2D eigenvalue weighted by Gasteiger charge is 2.36. The van der Waals surface area contributed by atoms with Crippen LogP contribution in [-0.4, -0.2) is 27.3 Å². The fourth-order valence-corrected chi connectivity index (χ4v) is 3.63. The summed E-state index contributed by atoms with van der Waals surface area (Å²) >= 11 is 0. The Morgan fingerprint density at radius 1 is 1.38 bits per heavy atom. The minimum atomic E-state index is -0.649. The van der Waals surface area contributed by atoms with E-state index in [0.29, 0.717) is 6.04 Å². The monoisotopic (exact) mass is 203 g/mol. The van der Waals surface area contributed by atoms with Crippen molar-refractivity contribution < 1.29 is 4.21 Å². The topological polar surface area (TPSA) is 29.1 Å². The normalized spacial score (nSPS) is 34.5. The second kappa shape index (κ2) is 3.35. The minimum absolute atomic E-state index is 0.0288. The van der Waals surface area contributed by atoms with Gasteiger partial charge < -0.3 is 5.32 Å². The van der Waals surface area contributed by atoms with Crippen molar-refractivity contribution >= 4 is 10.8 Å². The summed E-state index contributed by atoms with van der Waals surface area (Å²) in [6, 6.07) is 0.372. The zero-order chi connectivity index (χ0) is 10.3. The van der Waals surface area contributed by atoms with Crippen LogP contribution < -0.4 is 5.32 Å². The summed E-state index contributed by atoms with van der Waals surface area (Å²) in [5.74, 6) is 1.58. The molecule has 2 unspecified atom stereocenters. The Labute approximate surface area is 83.9 Å². The predicted octanol–water partition coefficient (Wildman–Crippen LogP) is 1.53. The summed E-state index contributed by atoms with van der Waals surface area (Å²) in [6.07, 6.45) is 0. The van der Waals surface area contributed by atoms with Gasteiger partial charge in [0.25, 0.3) is 0 Å². The number of nitrogens with one attached hydrogen (secondary N) is 1. The average Bonchev–Trinajstić information content (AvgIpc) is 1.79. The quantitative estimate of drug-likeness (QED) is 0.647. The van der Waals surface area contributed by atoms with E-state index in [4.69, 9.17) is 0 Å². The van der Waals surface area contributed by atoms with Crippen molar-refractivity contribution in [1.29, 1.82) is 0 Å². The molecule has 1 rings (SSSR count). The summed E-state index contributed by atoms with van der Waals surface area (Å²) in [6.45, 7) is 10.8. The predicted molar refractivity (Wildman–Crippen MR) is 58.3 cm³/mol. The maximum Gasteiger partial charge on any atom is 0.0412 e. The molecule has 2 atom stereocenters. The minimum Gasteiger partial charge on any atom is -0.307 e. The van der Waals surface area contributed by atoms with Crippen molar-refractivity contribution in [2.75, 3.05) is 11.5 Å². The standard InChI is InChI=1S/C10H21NOS/c1-9(2,3)8-6-13(12)7-10(4,5)11-8/h8,11H,6-7H2,1-5H3. The molecule has 0 radical (unpaired) electrons. The molecule has 3 heteroatoms. The van der Waals surface area contributed by atoms with Gasteiger partial charge in [-0.25, -0.2) is 0 Å². The van der Waals surface area contributed by atoms with Crippen LogP contribution in [0.1, 0.15) is 34.6 Å². The molecular weight excluding hydrogens is 182 g/mol. The van der Waals surface area contributed by atoms with Crippen LogP contribution in [0.15, 0.2) is 0 Å². The van der Waals surface area contributed by atoms with Gasteiger partial charge >= 0.3 is 0 Å². The van der Waals surface area contributed by atoms with Gasteiger partial charge in [-0.3, -0.25) is 4.21 Å². The van der Waals surface area contributed by atoms with Crippen LogP contribution in [0.5, 0.6) is 0 Å². The second-order valence-electron chi connectivity index (χ2n) is 5.70. The lowest BCUT2D eigenvalue weighted by Gasteiger charge is -2.42. The van der Waals surface area contributed by atoms with Crippen LogP contribution in [0.3, 0.4) is 0 Å². The summed E-state index contributed by atoms with van der Waals surface area (Å²) in [5, 5.41) is 3.57. The Kier molecular flexibility index (Phi) is 2.89. The first-order chi connectivity index (χ1) is 5.71. The van der Waals surface area contributed by atoms with Gasteiger partial charge in [0.2, 0.25) is 0 Å². The van der Waals surface area contributed by atoms with Gasteiger partial charge in [0.1, 0.15) is 0 Å². The Hall–Kier alpha value is 0.110. The van der Waals surface area contributed by atoms with Gasteiger partial charge in [-0.15, -0.1) is 0 Å². The molecule has 1 aliphatic rings. The largest absolute Gasteiger partial charge is 0.307 e. The third-order valence-corrected chi connectivity index (χ3v) is 4.23. The summed E-state index contributed by atoms with van der Waals surface area (Å²) in [4.78, 5) is 0. The van der Waals surface area contributed by atoms with Gasteiger partial charge in [-0.2, -0.15) is 0 Å². The van der Waals surface area contributed by atoms with Crippen LogP contribution in [-0.2, 0) is 10.8 Å². The molecule has 1 saturated heterocycles. The van der Waals surface area contributed by atoms with Gasteiger partial charge in [0, 0.05) is 33.9 Å². The lowest BCUT2D eigenvalue weighted by atomic mass is 9.86. The summed E-state index contributed by atoms with van der Waals surface area (Å²) in [7, 11) is -0.649. The van der Waals surface area contributed by atoms with E-state index in [0.717, 1.165) is 11.5 Å². The third-order valence-electron chi connectivity index (χ3n) is 2.48. The average molecular weight is 203 g/mol.